The van der Waals surface area contributed by atoms with E-state index < -0.39 is 22.0 Å². The Kier molecular flexibility index (Phi) is 7.48. The molecule has 0 unspecified atom stereocenters. The van der Waals surface area contributed by atoms with E-state index >= 15 is 0 Å². The van der Waals surface area contributed by atoms with Gasteiger partial charge in [0.25, 0.3) is 0 Å². The van der Waals surface area contributed by atoms with E-state index in [4.69, 9.17) is 4.74 Å². The molecule has 182 valence electrons. The normalized spacial score (nSPS) is 13.9. The molecule has 0 spiro atoms. The number of hydrogen-bond donors (Lipinski definition) is 3. The lowest BCUT2D eigenvalue weighted by atomic mass is 10.0. The van der Waals surface area contributed by atoms with Crippen LogP contribution in [0.4, 0.5) is 5.69 Å². The van der Waals surface area contributed by atoms with Gasteiger partial charge in [0.15, 0.2) is 0 Å². The summed E-state index contributed by atoms with van der Waals surface area (Å²) < 4.78 is 34.4. The molecule has 0 fully saturated rings. The molecule has 8 nitrogen and oxygen atoms in total. The van der Waals surface area contributed by atoms with E-state index in [2.05, 4.69) is 15.4 Å². The third-order valence-electron chi connectivity index (χ3n) is 5.82. The lowest BCUT2D eigenvalue weighted by molar-refractivity contribution is -0.123. The summed E-state index contributed by atoms with van der Waals surface area (Å²) >= 11 is 0. The van der Waals surface area contributed by atoms with Crippen molar-refractivity contribution in [2.24, 2.45) is 0 Å². The predicted octanol–water partition coefficient (Wildman–Crippen LogP) is 2.79. The number of ether oxygens (including phenoxy) is 1. The second-order valence-corrected chi connectivity index (χ2v) is 9.97. The Hall–Kier alpha value is -3.69. The van der Waals surface area contributed by atoms with Gasteiger partial charge in [0, 0.05) is 24.2 Å². The number of carbonyl (C=O) groups excluding carboxylic acids is 2. The number of hydrogen-bond acceptors (Lipinski definition) is 5. The lowest BCUT2D eigenvalue weighted by Gasteiger charge is -2.21. The van der Waals surface area contributed by atoms with E-state index in [0.717, 1.165) is 16.7 Å². The maximum absolute atomic E-state index is 13.3. The van der Waals surface area contributed by atoms with Crippen LogP contribution in [0.2, 0.25) is 0 Å². The summed E-state index contributed by atoms with van der Waals surface area (Å²) in [6.07, 6.45) is 0.933. The monoisotopic (exact) mass is 493 g/mol. The van der Waals surface area contributed by atoms with Crippen molar-refractivity contribution in [1.82, 2.24) is 10.0 Å². The molecule has 1 heterocycles. The summed E-state index contributed by atoms with van der Waals surface area (Å²) in [5, 5.41) is 5.57. The van der Waals surface area contributed by atoms with E-state index in [0.29, 0.717) is 24.3 Å². The Morgan fingerprint density at radius 3 is 2.54 bits per heavy atom. The van der Waals surface area contributed by atoms with Gasteiger partial charge >= 0.3 is 0 Å². The fourth-order valence-electron chi connectivity index (χ4n) is 3.97. The Morgan fingerprint density at radius 1 is 1.03 bits per heavy atom. The number of methoxy groups -OCH3 is 1. The molecule has 1 aliphatic rings. The van der Waals surface area contributed by atoms with Gasteiger partial charge in [-0.3, -0.25) is 9.59 Å². The quantitative estimate of drug-likeness (QED) is 0.424. The van der Waals surface area contributed by atoms with Crippen LogP contribution in [0.1, 0.15) is 23.1 Å². The van der Waals surface area contributed by atoms with Gasteiger partial charge in [0.1, 0.15) is 11.8 Å². The molecule has 1 aliphatic heterocycles. The van der Waals surface area contributed by atoms with Gasteiger partial charge in [-0.05, 0) is 48.2 Å². The summed E-state index contributed by atoms with van der Waals surface area (Å²) in [7, 11) is -2.46. The first-order valence-electron chi connectivity index (χ1n) is 11.2. The van der Waals surface area contributed by atoms with Crippen molar-refractivity contribution in [3.05, 3.63) is 89.5 Å². The molecule has 0 aromatic heterocycles. The molecular formula is C26H27N3O5S. The van der Waals surface area contributed by atoms with Crippen molar-refractivity contribution >= 4 is 27.5 Å². The molecule has 1 atom stereocenters. The number of benzene rings is 3. The second-order valence-electron chi connectivity index (χ2n) is 8.26. The van der Waals surface area contributed by atoms with Gasteiger partial charge in [-0.2, -0.15) is 4.72 Å². The molecule has 2 amide bonds. The number of aryl methyl sites for hydroxylation is 1. The minimum Gasteiger partial charge on any atom is -0.496 e. The first-order chi connectivity index (χ1) is 16.9. The Balaban J connectivity index is 1.55. The van der Waals surface area contributed by atoms with Crippen LogP contribution in [0.15, 0.2) is 77.7 Å². The molecular weight excluding hydrogens is 466 g/mol. The van der Waals surface area contributed by atoms with Crippen LogP contribution >= 0.6 is 0 Å². The number of anilines is 1. The zero-order chi connectivity index (χ0) is 24.8. The lowest BCUT2D eigenvalue weighted by Crippen LogP contribution is -2.47. The zero-order valence-electron chi connectivity index (χ0n) is 19.3. The van der Waals surface area contributed by atoms with Crippen molar-refractivity contribution < 1.29 is 22.7 Å². The Bertz CT molecular complexity index is 1330. The predicted molar refractivity (Wildman–Crippen MR) is 132 cm³/mol. The highest BCUT2D eigenvalue weighted by Crippen LogP contribution is 2.25. The van der Waals surface area contributed by atoms with Gasteiger partial charge < -0.3 is 15.4 Å². The van der Waals surface area contributed by atoms with E-state index in [1.165, 1.54) is 6.07 Å². The van der Waals surface area contributed by atoms with Crippen molar-refractivity contribution in [1.29, 1.82) is 0 Å². The van der Waals surface area contributed by atoms with Crippen LogP contribution in [0.3, 0.4) is 0 Å². The fraction of sp³-hybridized carbons (Fsp3) is 0.231. The second kappa shape index (κ2) is 10.7. The number of rotatable bonds is 9. The molecule has 0 saturated carbocycles. The standard InChI is InChI=1S/C26H27N3O5S/c1-34-24-10-6-5-9-20(24)17-27-26(31)23(15-18-7-3-2-4-8-18)29-35(32,33)21-12-13-22-19(16-21)11-14-25(30)28-22/h2-10,12-13,16,23,29H,11,14-15,17H2,1H3,(H,27,31)(H,28,30)/t23-/m1/s1. The number of nitrogens with one attached hydrogen (secondary N) is 3. The average molecular weight is 494 g/mol. The van der Waals surface area contributed by atoms with Crippen LogP contribution in [-0.4, -0.2) is 33.4 Å². The van der Waals surface area contributed by atoms with Crippen LogP contribution < -0.4 is 20.1 Å². The molecule has 3 aromatic carbocycles. The SMILES string of the molecule is COc1ccccc1CNC(=O)[C@@H](Cc1ccccc1)NS(=O)(=O)c1ccc2c(c1)CCC(=O)N2. The minimum atomic E-state index is -4.02. The van der Waals surface area contributed by atoms with Crippen molar-refractivity contribution in [3.63, 3.8) is 0 Å². The van der Waals surface area contributed by atoms with Crippen LogP contribution in [-0.2, 0) is 39.0 Å². The molecule has 0 bridgehead atoms. The van der Waals surface area contributed by atoms with Crippen LogP contribution in [0.25, 0.3) is 0 Å². The number of fused-ring (bicyclic) bond motifs is 1. The Labute approximate surface area is 204 Å². The summed E-state index contributed by atoms with van der Waals surface area (Å²) in [6.45, 7) is 0.189. The smallest absolute Gasteiger partial charge is 0.241 e. The van der Waals surface area contributed by atoms with Gasteiger partial charge in [-0.1, -0.05) is 48.5 Å². The zero-order valence-corrected chi connectivity index (χ0v) is 20.1. The van der Waals surface area contributed by atoms with Crippen molar-refractivity contribution in [2.45, 2.75) is 36.7 Å². The minimum absolute atomic E-state index is 0.0444. The van der Waals surface area contributed by atoms with E-state index in [1.54, 1.807) is 25.3 Å². The van der Waals surface area contributed by atoms with Crippen molar-refractivity contribution in [2.75, 3.05) is 12.4 Å². The topological polar surface area (TPSA) is 114 Å². The number of carbonyl (C=O) groups is 2. The largest absolute Gasteiger partial charge is 0.496 e. The highest BCUT2D eigenvalue weighted by Gasteiger charge is 2.27. The third-order valence-corrected chi connectivity index (χ3v) is 7.29. The molecule has 3 N–H and O–H groups in total. The van der Waals surface area contributed by atoms with Crippen LogP contribution in [0, 0.1) is 0 Å². The number of amides is 2. The summed E-state index contributed by atoms with van der Waals surface area (Å²) in [6, 6.07) is 20.0. The molecule has 0 radical (unpaired) electrons. The number of sulfonamides is 1. The number of para-hydroxylation sites is 1. The van der Waals surface area contributed by atoms with Gasteiger partial charge in [0.05, 0.1) is 12.0 Å². The molecule has 4 rings (SSSR count). The maximum Gasteiger partial charge on any atom is 0.241 e. The molecule has 35 heavy (non-hydrogen) atoms. The van der Waals surface area contributed by atoms with Gasteiger partial charge in [-0.25, -0.2) is 8.42 Å². The summed E-state index contributed by atoms with van der Waals surface area (Å²) in [5.74, 6) is 0.0866. The fourth-order valence-corrected chi connectivity index (χ4v) is 5.22. The maximum atomic E-state index is 13.3. The third kappa shape index (κ3) is 6.06. The molecule has 9 heteroatoms. The first-order valence-corrected chi connectivity index (χ1v) is 12.7. The van der Waals surface area contributed by atoms with E-state index in [-0.39, 0.29) is 23.8 Å². The van der Waals surface area contributed by atoms with Crippen molar-refractivity contribution in [3.8, 4) is 5.75 Å². The van der Waals surface area contributed by atoms with Gasteiger partial charge in [-0.15, -0.1) is 0 Å². The van der Waals surface area contributed by atoms with Crippen LogP contribution in [0.5, 0.6) is 5.75 Å². The van der Waals surface area contributed by atoms with E-state index in [1.807, 2.05) is 48.5 Å². The van der Waals surface area contributed by atoms with Gasteiger partial charge in [0.2, 0.25) is 21.8 Å². The molecule has 3 aromatic rings. The summed E-state index contributed by atoms with van der Waals surface area (Å²) in [5.41, 5.74) is 2.95. The average Bonchev–Trinajstić information content (AvgIpc) is 2.87. The van der Waals surface area contributed by atoms with E-state index in [9.17, 15) is 18.0 Å². The highest BCUT2D eigenvalue weighted by atomic mass is 32.2. The highest BCUT2D eigenvalue weighted by molar-refractivity contribution is 7.89. The first kappa shape index (κ1) is 24.4. The summed E-state index contributed by atoms with van der Waals surface area (Å²) in [4.78, 5) is 24.8. The Morgan fingerprint density at radius 2 is 1.77 bits per heavy atom. The molecule has 0 aliphatic carbocycles. The molecule has 0 saturated heterocycles.